The number of halogens is 3. The minimum Gasteiger partial charge on any atom is -0.465 e. The van der Waals surface area contributed by atoms with E-state index in [4.69, 9.17) is 4.74 Å². The number of nitrogens with one attached hydrogen (secondary N) is 1. The van der Waals surface area contributed by atoms with Crippen LogP contribution in [0.25, 0.3) is 11.1 Å². The number of benzene rings is 1. The Balaban J connectivity index is 1.40. The summed E-state index contributed by atoms with van der Waals surface area (Å²) in [6, 6.07) is 10.3. The molecule has 35 heavy (non-hydrogen) atoms. The predicted octanol–water partition coefficient (Wildman–Crippen LogP) is 5.14. The number of ether oxygens (including phenoxy) is 1. The molecular formula is C25H24F3N5O2. The quantitative estimate of drug-likeness (QED) is 0.515. The highest BCUT2D eigenvalue weighted by Gasteiger charge is 2.47. The number of nitrogens with zero attached hydrogens (tertiary/aromatic N) is 4. The van der Waals surface area contributed by atoms with Gasteiger partial charge in [0.05, 0.1) is 12.0 Å². The number of carbonyl (C=O) groups excluding carboxylic acids is 1. The van der Waals surface area contributed by atoms with E-state index in [1.54, 1.807) is 6.20 Å². The van der Waals surface area contributed by atoms with Gasteiger partial charge in [-0.25, -0.2) is 15.0 Å². The molecule has 4 heterocycles. The van der Waals surface area contributed by atoms with Crippen LogP contribution >= 0.6 is 0 Å². The summed E-state index contributed by atoms with van der Waals surface area (Å²) in [6.07, 6.45) is 0.697. The van der Waals surface area contributed by atoms with Gasteiger partial charge in [-0.2, -0.15) is 13.2 Å². The second kappa shape index (κ2) is 8.83. The molecule has 0 saturated carbocycles. The average molecular weight is 483 g/mol. The van der Waals surface area contributed by atoms with Gasteiger partial charge in [-0.15, -0.1) is 0 Å². The predicted molar refractivity (Wildman–Crippen MR) is 124 cm³/mol. The molecule has 1 N–H and O–H groups in total. The lowest BCUT2D eigenvalue weighted by Gasteiger charge is -2.38. The van der Waals surface area contributed by atoms with Crippen LogP contribution in [0.2, 0.25) is 0 Å². The summed E-state index contributed by atoms with van der Waals surface area (Å²) < 4.78 is 44.3. The Labute approximate surface area is 200 Å². The van der Waals surface area contributed by atoms with Crippen molar-refractivity contribution in [3.8, 4) is 11.1 Å². The maximum absolute atomic E-state index is 13.0. The van der Waals surface area contributed by atoms with Crippen molar-refractivity contribution in [1.82, 2.24) is 15.0 Å². The van der Waals surface area contributed by atoms with Crippen LogP contribution in [0.1, 0.15) is 30.5 Å². The van der Waals surface area contributed by atoms with Gasteiger partial charge in [0.2, 0.25) is 5.95 Å². The summed E-state index contributed by atoms with van der Waals surface area (Å²) in [4.78, 5) is 26.5. The molecule has 10 heteroatoms. The van der Waals surface area contributed by atoms with Gasteiger partial charge in [-0.1, -0.05) is 6.07 Å². The first-order valence-electron chi connectivity index (χ1n) is 11.4. The van der Waals surface area contributed by atoms with E-state index in [0.717, 1.165) is 60.6 Å². The molecule has 0 amide bonds. The van der Waals surface area contributed by atoms with E-state index in [9.17, 15) is 18.0 Å². The minimum absolute atomic E-state index is 0.121. The van der Waals surface area contributed by atoms with Crippen molar-refractivity contribution in [2.75, 3.05) is 29.9 Å². The van der Waals surface area contributed by atoms with E-state index in [1.807, 2.05) is 37.3 Å². The molecule has 2 aromatic heterocycles. The molecule has 1 spiro atoms. The largest absolute Gasteiger partial charge is 0.465 e. The number of cyclic esters (lactones) is 1. The van der Waals surface area contributed by atoms with Crippen LogP contribution in [-0.4, -0.2) is 40.6 Å². The van der Waals surface area contributed by atoms with Crippen molar-refractivity contribution in [2.24, 2.45) is 5.41 Å². The van der Waals surface area contributed by atoms with E-state index < -0.39 is 17.3 Å². The van der Waals surface area contributed by atoms with Crippen LogP contribution in [0.15, 0.2) is 48.8 Å². The molecule has 3 aromatic rings. The van der Waals surface area contributed by atoms with Crippen LogP contribution in [0.5, 0.6) is 0 Å². The summed E-state index contributed by atoms with van der Waals surface area (Å²) in [5.74, 6) is 0.525. The Hall–Kier alpha value is -3.69. The van der Waals surface area contributed by atoms with Crippen LogP contribution in [0.3, 0.4) is 0 Å². The second-order valence-electron chi connectivity index (χ2n) is 9.07. The number of anilines is 3. The molecule has 1 atom stereocenters. The second-order valence-corrected chi connectivity index (χ2v) is 9.07. The SMILES string of the molecule is Cc1cc(Nc2nccc(C(F)(F)F)n2)cc(-c2ccnc(N3CCCC4(CCOC4=O)C3)c2)c1. The molecular weight excluding hydrogens is 459 g/mol. The maximum Gasteiger partial charge on any atom is 0.433 e. The number of alkyl halides is 3. The third-order valence-corrected chi connectivity index (χ3v) is 6.51. The summed E-state index contributed by atoms with van der Waals surface area (Å²) in [5, 5.41) is 2.88. The Morgan fingerprint density at radius 2 is 1.89 bits per heavy atom. The Kier molecular flexibility index (Phi) is 5.82. The number of piperidine rings is 1. The molecule has 182 valence electrons. The van der Waals surface area contributed by atoms with Crippen molar-refractivity contribution in [3.63, 3.8) is 0 Å². The number of carbonyl (C=O) groups is 1. The molecule has 0 radical (unpaired) electrons. The first kappa shape index (κ1) is 23.1. The molecule has 2 aliphatic heterocycles. The van der Waals surface area contributed by atoms with Gasteiger partial charge < -0.3 is 15.0 Å². The van der Waals surface area contributed by atoms with Crippen LogP contribution in [0.4, 0.5) is 30.6 Å². The van der Waals surface area contributed by atoms with E-state index in [0.29, 0.717) is 18.8 Å². The molecule has 7 nitrogen and oxygen atoms in total. The minimum atomic E-state index is -4.55. The molecule has 1 aromatic carbocycles. The molecule has 0 aliphatic carbocycles. The van der Waals surface area contributed by atoms with Gasteiger partial charge in [0.1, 0.15) is 11.5 Å². The Morgan fingerprint density at radius 3 is 2.66 bits per heavy atom. The molecule has 2 fully saturated rings. The Bertz CT molecular complexity index is 1270. The number of rotatable bonds is 4. The lowest BCUT2D eigenvalue weighted by molar-refractivity contribution is -0.146. The fraction of sp³-hybridized carbons (Fsp3) is 0.360. The summed E-state index contributed by atoms with van der Waals surface area (Å²) in [6.45, 7) is 3.76. The normalized spacial score (nSPS) is 20.2. The average Bonchev–Trinajstić information content (AvgIpc) is 3.17. The lowest BCUT2D eigenvalue weighted by Crippen LogP contribution is -2.46. The standard InChI is InChI=1S/C25H24F3N5O2/c1-16-11-18(13-19(12-16)31-23-30-8-4-20(32-23)25(26,27)28)17-3-7-29-21(14-17)33-9-2-5-24(15-33)6-10-35-22(24)34/h3-4,7-8,11-14H,2,5-6,9-10,15H2,1H3,(H,30,31,32). The zero-order chi connectivity index (χ0) is 24.6. The van der Waals surface area contributed by atoms with Crippen LogP contribution < -0.4 is 10.2 Å². The number of esters is 1. The summed E-state index contributed by atoms with van der Waals surface area (Å²) >= 11 is 0. The summed E-state index contributed by atoms with van der Waals surface area (Å²) in [5.41, 5.74) is 1.80. The van der Waals surface area contributed by atoms with Crippen molar-refractivity contribution in [2.45, 2.75) is 32.4 Å². The van der Waals surface area contributed by atoms with Gasteiger partial charge in [0.15, 0.2) is 0 Å². The molecule has 0 bridgehead atoms. The van der Waals surface area contributed by atoms with E-state index in [2.05, 4.69) is 25.2 Å². The number of hydrogen-bond acceptors (Lipinski definition) is 7. The molecule has 2 aliphatic rings. The number of aryl methyl sites for hydroxylation is 1. The topological polar surface area (TPSA) is 80.2 Å². The van der Waals surface area contributed by atoms with Crippen LogP contribution in [-0.2, 0) is 15.7 Å². The van der Waals surface area contributed by atoms with Gasteiger partial charge in [0.25, 0.3) is 0 Å². The first-order chi connectivity index (χ1) is 16.7. The molecule has 2 saturated heterocycles. The van der Waals surface area contributed by atoms with Crippen molar-refractivity contribution < 1.29 is 22.7 Å². The highest BCUT2D eigenvalue weighted by atomic mass is 19.4. The van der Waals surface area contributed by atoms with Gasteiger partial charge in [0, 0.05) is 31.2 Å². The lowest BCUT2D eigenvalue weighted by atomic mass is 9.79. The maximum atomic E-state index is 13.0. The van der Waals surface area contributed by atoms with Gasteiger partial charge >= 0.3 is 12.1 Å². The van der Waals surface area contributed by atoms with E-state index >= 15 is 0 Å². The zero-order valence-corrected chi connectivity index (χ0v) is 19.1. The number of pyridine rings is 1. The molecule has 5 rings (SSSR count). The van der Waals surface area contributed by atoms with Gasteiger partial charge in [-0.05, 0) is 73.2 Å². The zero-order valence-electron chi connectivity index (χ0n) is 19.1. The van der Waals surface area contributed by atoms with Gasteiger partial charge in [-0.3, -0.25) is 4.79 Å². The van der Waals surface area contributed by atoms with Crippen molar-refractivity contribution in [3.05, 3.63) is 60.0 Å². The monoisotopic (exact) mass is 483 g/mol. The van der Waals surface area contributed by atoms with Crippen LogP contribution in [0, 0.1) is 12.3 Å². The van der Waals surface area contributed by atoms with E-state index in [1.165, 1.54) is 0 Å². The molecule has 1 unspecified atom stereocenters. The number of hydrogen-bond donors (Lipinski definition) is 1. The third kappa shape index (κ3) is 4.78. The highest BCUT2D eigenvalue weighted by molar-refractivity contribution is 5.80. The summed E-state index contributed by atoms with van der Waals surface area (Å²) in [7, 11) is 0. The Morgan fingerprint density at radius 1 is 1.06 bits per heavy atom. The van der Waals surface area contributed by atoms with E-state index in [-0.39, 0.29) is 11.9 Å². The smallest absolute Gasteiger partial charge is 0.433 e. The fourth-order valence-corrected chi connectivity index (χ4v) is 4.79. The third-order valence-electron chi connectivity index (χ3n) is 6.51. The fourth-order valence-electron chi connectivity index (χ4n) is 4.79. The highest BCUT2D eigenvalue weighted by Crippen LogP contribution is 2.40. The van der Waals surface area contributed by atoms with Crippen molar-refractivity contribution >= 4 is 23.4 Å². The first-order valence-corrected chi connectivity index (χ1v) is 11.4. The number of aromatic nitrogens is 3. The van der Waals surface area contributed by atoms with Crippen molar-refractivity contribution in [1.29, 1.82) is 0 Å².